The largest absolute Gasteiger partial charge is 0.367 e. The molecular weight excluding hydrogens is 372 g/mol. The third-order valence-electron chi connectivity index (χ3n) is 3.86. The summed E-state index contributed by atoms with van der Waals surface area (Å²) in [4.78, 5) is 14.9. The van der Waals surface area contributed by atoms with Crippen LogP contribution < -0.4 is 5.32 Å². The highest BCUT2D eigenvalue weighted by atomic mass is 35.5. The average molecular weight is 389 g/mol. The van der Waals surface area contributed by atoms with E-state index in [4.69, 9.17) is 23.8 Å². The van der Waals surface area contributed by atoms with Crippen LogP contribution in [-0.4, -0.2) is 21.8 Å². The number of rotatable bonds is 4. The van der Waals surface area contributed by atoms with Gasteiger partial charge in [0.25, 0.3) is 5.91 Å². The SMILES string of the molecule is Cc1ccc(C=C2SC(=S)N(CNc3ccc(Cl)cc3C)C2=O)cc1. The Bertz CT molecular complexity index is 862. The molecule has 3 rings (SSSR count). The summed E-state index contributed by atoms with van der Waals surface area (Å²) >= 11 is 12.7. The highest BCUT2D eigenvalue weighted by molar-refractivity contribution is 8.26. The second-order valence-electron chi connectivity index (χ2n) is 5.81. The number of hydrogen-bond donors (Lipinski definition) is 1. The van der Waals surface area contributed by atoms with Gasteiger partial charge in [-0.3, -0.25) is 9.69 Å². The zero-order valence-corrected chi connectivity index (χ0v) is 16.3. The number of hydrogen-bond acceptors (Lipinski definition) is 4. The van der Waals surface area contributed by atoms with Gasteiger partial charge in [0, 0.05) is 10.7 Å². The van der Waals surface area contributed by atoms with Gasteiger partial charge in [-0.25, -0.2) is 0 Å². The molecule has 2 aromatic rings. The zero-order valence-electron chi connectivity index (χ0n) is 13.9. The molecule has 1 heterocycles. The fourth-order valence-corrected chi connectivity index (χ4v) is 3.92. The third kappa shape index (κ3) is 4.24. The minimum absolute atomic E-state index is 0.0744. The van der Waals surface area contributed by atoms with Crippen molar-refractivity contribution in [3.8, 4) is 0 Å². The minimum Gasteiger partial charge on any atom is -0.367 e. The van der Waals surface area contributed by atoms with Crippen LogP contribution in [0.4, 0.5) is 5.69 Å². The van der Waals surface area contributed by atoms with Gasteiger partial charge >= 0.3 is 0 Å². The first-order valence-corrected chi connectivity index (χ1v) is 9.36. The van der Waals surface area contributed by atoms with Crippen LogP contribution in [0.15, 0.2) is 47.4 Å². The molecule has 3 nitrogen and oxygen atoms in total. The molecule has 1 N–H and O–H groups in total. The van der Waals surface area contributed by atoms with Crippen molar-refractivity contribution in [2.75, 3.05) is 12.0 Å². The molecule has 0 aromatic heterocycles. The van der Waals surface area contributed by atoms with Crippen molar-refractivity contribution in [1.29, 1.82) is 0 Å². The summed E-state index contributed by atoms with van der Waals surface area (Å²) in [5.74, 6) is -0.0744. The van der Waals surface area contributed by atoms with E-state index in [0.29, 0.717) is 20.9 Å². The van der Waals surface area contributed by atoms with E-state index in [2.05, 4.69) is 5.32 Å². The Balaban J connectivity index is 1.72. The number of amides is 1. The first-order chi connectivity index (χ1) is 11.9. The van der Waals surface area contributed by atoms with Gasteiger partial charge in [0.2, 0.25) is 0 Å². The standard InChI is InChI=1S/C19H17ClN2OS2/c1-12-3-5-14(6-4-12)10-17-18(23)22(19(24)25-17)11-21-16-8-7-15(20)9-13(16)2/h3-10,21H,11H2,1-2H3. The summed E-state index contributed by atoms with van der Waals surface area (Å²) in [5, 5.41) is 3.94. The number of thiocarbonyl (C=S) groups is 1. The third-order valence-corrected chi connectivity index (χ3v) is 5.48. The Kier molecular flexibility index (Phi) is 5.47. The van der Waals surface area contributed by atoms with Crippen molar-refractivity contribution in [1.82, 2.24) is 4.90 Å². The van der Waals surface area contributed by atoms with Gasteiger partial charge in [0.1, 0.15) is 4.32 Å². The highest BCUT2D eigenvalue weighted by Gasteiger charge is 2.31. The Morgan fingerprint density at radius 2 is 1.92 bits per heavy atom. The van der Waals surface area contributed by atoms with Crippen molar-refractivity contribution in [2.24, 2.45) is 0 Å². The summed E-state index contributed by atoms with van der Waals surface area (Å²) in [6.07, 6.45) is 1.88. The van der Waals surface area contributed by atoms with Gasteiger partial charge < -0.3 is 5.32 Å². The van der Waals surface area contributed by atoms with Crippen molar-refractivity contribution in [2.45, 2.75) is 13.8 Å². The molecule has 0 unspecified atom stereocenters. The van der Waals surface area contributed by atoms with Crippen molar-refractivity contribution >= 4 is 57.6 Å². The van der Waals surface area contributed by atoms with Crippen molar-refractivity contribution in [3.05, 3.63) is 69.1 Å². The van der Waals surface area contributed by atoms with Gasteiger partial charge in [-0.2, -0.15) is 0 Å². The van der Waals surface area contributed by atoms with Gasteiger partial charge in [-0.05, 0) is 49.2 Å². The van der Waals surface area contributed by atoms with Crippen LogP contribution in [-0.2, 0) is 4.79 Å². The molecule has 0 aliphatic carbocycles. The minimum atomic E-state index is -0.0744. The molecule has 1 aliphatic heterocycles. The quantitative estimate of drug-likeness (QED) is 0.574. The molecule has 1 amide bonds. The molecule has 0 bridgehead atoms. The number of nitrogens with zero attached hydrogens (tertiary/aromatic N) is 1. The predicted molar refractivity (Wildman–Crippen MR) is 111 cm³/mol. The molecule has 1 saturated heterocycles. The van der Waals surface area contributed by atoms with E-state index in [9.17, 15) is 4.79 Å². The Labute approximate surface area is 162 Å². The highest BCUT2D eigenvalue weighted by Crippen LogP contribution is 2.32. The van der Waals surface area contributed by atoms with E-state index in [1.54, 1.807) is 4.90 Å². The second-order valence-corrected chi connectivity index (χ2v) is 7.93. The maximum atomic E-state index is 12.6. The molecule has 0 atom stereocenters. The predicted octanol–water partition coefficient (Wildman–Crippen LogP) is 5.23. The lowest BCUT2D eigenvalue weighted by Gasteiger charge is -2.17. The molecule has 6 heteroatoms. The lowest BCUT2D eigenvalue weighted by atomic mass is 10.1. The summed E-state index contributed by atoms with van der Waals surface area (Å²) < 4.78 is 0.558. The van der Waals surface area contributed by atoms with Gasteiger partial charge in [0.15, 0.2) is 0 Å². The maximum absolute atomic E-state index is 12.6. The number of carbonyl (C=O) groups excluding carboxylic acids is 1. The van der Waals surface area contributed by atoms with Crippen molar-refractivity contribution in [3.63, 3.8) is 0 Å². The first-order valence-electron chi connectivity index (χ1n) is 7.76. The molecule has 2 aromatic carbocycles. The number of nitrogens with one attached hydrogen (secondary N) is 1. The topological polar surface area (TPSA) is 32.3 Å². The van der Waals surface area contributed by atoms with Gasteiger partial charge in [-0.15, -0.1) is 0 Å². The molecule has 128 valence electrons. The van der Waals surface area contributed by atoms with Crippen molar-refractivity contribution < 1.29 is 4.79 Å². The summed E-state index contributed by atoms with van der Waals surface area (Å²) in [7, 11) is 0. The first kappa shape index (κ1) is 18.0. The number of thioether (sulfide) groups is 1. The van der Waals surface area contributed by atoms with E-state index >= 15 is 0 Å². The van der Waals surface area contributed by atoms with Gasteiger partial charge in [-0.1, -0.05) is 65.4 Å². The smallest absolute Gasteiger partial charge is 0.267 e. The number of carbonyl (C=O) groups is 1. The molecular formula is C19H17ClN2OS2. The molecule has 0 radical (unpaired) electrons. The van der Waals surface area contributed by atoms with Crippen LogP contribution >= 0.6 is 35.6 Å². The van der Waals surface area contributed by atoms with Crippen LogP contribution in [0.25, 0.3) is 6.08 Å². The average Bonchev–Trinajstić information content (AvgIpc) is 2.83. The second kappa shape index (κ2) is 7.60. The van der Waals surface area contributed by atoms with Crippen LogP contribution in [0.2, 0.25) is 5.02 Å². The summed E-state index contributed by atoms with van der Waals surface area (Å²) in [5.41, 5.74) is 4.13. The molecule has 25 heavy (non-hydrogen) atoms. The summed E-state index contributed by atoms with van der Waals surface area (Å²) in [6, 6.07) is 13.6. The van der Waals surface area contributed by atoms with Crippen LogP contribution in [0, 0.1) is 13.8 Å². The fraction of sp³-hybridized carbons (Fsp3) is 0.158. The monoisotopic (exact) mass is 388 g/mol. The van der Waals surface area contributed by atoms with Gasteiger partial charge in [0.05, 0.1) is 11.6 Å². The van der Waals surface area contributed by atoms with E-state index in [0.717, 1.165) is 16.8 Å². The van der Waals surface area contributed by atoms with E-state index in [1.807, 2.05) is 62.4 Å². The molecule has 1 aliphatic rings. The van der Waals surface area contributed by atoms with Crippen LogP contribution in [0.1, 0.15) is 16.7 Å². The van der Waals surface area contributed by atoms with E-state index < -0.39 is 0 Å². The number of aryl methyl sites for hydroxylation is 2. The molecule has 0 spiro atoms. The number of benzene rings is 2. The summed E-state index contributed by atoms with van der Waals surface area (Å²) in [6.45, 7) is 4.34. The van der Waals surface area contributed by atoms with Crippen LogP contribution in [0.3, 0.4) is 0 Å². The fourth-order valence-electron chi connectivity index (χ4n) is 2.44. The Morgan fingerprint density at radius 1 is 1.20 bits per heavy atom. The maximum Gasteiger partial charge on any atom is 0.267 e. The Hall–Kier alpha value is -1.82. The lowest BCUT2D eigenvalue weighted by molar-refractivity contribution is -0.121. The normalized spacial score (nSPS) is 16.0. The van der Waals surface area contributed by atoms with Crippen LogP contribution in [0.5, 0.6) is 0 Å². The van der Waals surface area contributed by atoms with E-state index in [-0.39, 0.29) is 5.91 Å². The Morgan fingerprint density at radius 3 is 2.60 bits per heavy atom. The number of anilines is 1. The molecule has 1 fully saturated rings. The van der Waals surface area contributed by atoms with E-state index in [1.165, 1.54) is 17.3 Å². The lowest BCUT2D eigenvalue weighted by Crippen LogP contribution is -2.33. The number of halogens is 1. The zero-order chi connectivity index (χ0) is 18.0. The molecule has 0 saturated carbocycles.